The van der Waals surface area contributed by atoms with Crippen LogP contribution >= 0.6 is 23.8 Å². The molecule has 2 aromatic carbocycles. The lowest BCUT2D eigenvalue weighted by Crippen LogP contribution is -2.54. The Balaban J connectivity index is 2.05. The van der Waals surface area contributed by atoms with Gasteiger partial charge in [0.2, 0.25) is 0 Å². The van der Waals surface area contributed by atoms with Gasteiger partial charge in [-0.3, -0.25) is 19.8 Å². The van der Waals surface area contributed by atoms with Gasteiger partial charge in [0, 0.05) is 0 Å². The number of nitrogens with one attached hydrogen (secondary N) is 1. The number of methoxy groups -OCH3 is 1. The summed E-state index contributed by atoms with van der Waals surface area (Å²) >= 11 is 11.2. The van der Waals surface area contributed by atoms with Crippen molar-refractivity contribution in [1.29, 1.82) is 0 Å². The Morgan fingerprint density at radius 1 is 1.22 bits per heavy atom. The molecule has 1 N–H and O–H groups in total. The van der Waals surface area contributed by atoms with Gasteiger partial charge < -0.3 is 9.47 Å². The van der Waals surface area contributed by atoms with Crippen molar-refractivity contribution in [2.24, 2.45) is 0 Å². The van der Waals surface area contributed by atoms with E-state index in [1.54, 1.807) is 6.92 Å². The molecule has 0 atom stereocenters. The molecule has 1 saturated heterocycles. The highest BCUT2D eigenvalue weighted by atomic mass is 35.5. The molecule has 168 valence electrons. The molecule has 0 aliphatic carbocycles. The van der Waals surface area contributed by atoms with Crippen LogP contribution in [0.4, 0.5) is 18.9 Å². The molecule has 0 bridgehead atoms. The summed E-state index contributed by atoms with van der Waals surface area (Å²) in [4.78, 5) is 26.4. The first-order valence-corrected chi connectivity index (χ1v) is 9.94. The number of ether oxygens (including phenoxy) is 2. The summed E-state index contributed by atoms with van der Waals surface area (Å²) in [5, 5.41) is 2.17. The van der Waals surface area contributed by atoms with Gasteiger partial charge in [0.05, 0.1) is 30.0 Å². The average Bonchev–Trinajstić information content (AvgIpc) is 2.71. The summed E-state index contributed by atoms with van der Waals surface area (Å²) in [6.07, 6.45) is -3.37. The fraction of sp³-hybridized carbons (Fsp3) is 0.190. The number of amides is 2. The minimum atomic E-state index is -4.62. The second-order valence-corrected chi connectivity index (χ2v) is 7.27. The molecule has 0 unspecified atom stereocenters. The zero-order valence-electron chi connectivity index (χ0n) is 16.7. The third kappa shape index (κ3) is 4.71. The smallest absolute Gasteiger partial charge is 0.416 e. The van der Waals surface area contributed by atoms with Gasteiger partial charge in [-0.05, 0) is 61.1 Å². The second-order valence-electron chi connectivity index (χ2n) is 6.47. The Hall–Kier alpha value is -3.11. The van der Waals surface area contributed by atoms with Crippen LogP contribution in [-0.4, -0.2) is 30.6 Å². The molecule has 0 aromatic heterocycles. The first kappa shape index (κ1) is 23.6. The van der Waals surface area contributed by atoms with Gasteiger partial charge in [0.15, 0.2) is 16.6 Å². The van der Waals surface area contributed by atoms with Crippen LogP contribution in [0.3, 0.4) is 0 Å². The summed E-state index contributed by atoms with van der Waals surface area (Å²) in [7, 11) is 1.41. The van der Waals surface area contributed by atoms with Gasteiger partial charge in [-0.2, -0.15) is 13.2 Å². The summed E-state index contributed by atoms with van der Waals surface area (Å²) in [5.41, 5.74) is -1.10. The molecule has 0 spiro atoms. The van der Waals surface area contributed by atoms with Crippen LogP contribution in [0.2, 0.25) is 5.02 Å². The summed E-state index contributed by atoms with van der Waals surface area (Å²) in [5.74, 6) is -1.11. The van der Waals surface area contributed by atoms with Crippen molar-refractivity contribution in [3.8, 4) is 11.5 Å². The second kappa shape index (κ2) is 9.17. The Morgan fingerprint density at radius 2 is 1.94 bits per heavy atom. The van der Waals surface area contributed by atoms with Crippen LogP contribution in [0.5, 0.6) is 11.5 Å². The molecule has 2 amide bonds. The van der Waals surface area contributed by atoms with Crippen molar-refractivity contribution in [3.63, 3.8) is 0 Å². The number of carbonyl (C=O) groups is 2. The first-order valence-electron chi connectivity index (χ1n) is 9.15. The molecule has 6 nitrogen and oxygen atoms in total. The summed E-state index contributed by atoms with van der Waals surface area (Å²) in [6, 6.07) is 7.04. The zero-order chi connectivity index (χ0) is 23.6. The van der Waals surface area contributed by atoms with Gasteiger partial charge in [0.1, 0.15) is 5.57 Å². The Labute approximate surface area is 191 Å². The van der Waals surface area contributed by atoms with E-state index in [4.69, 9.17) is 33.3 Å². The highest BCUT2D eigenvalue weighted by Gasteiger charge is 2.36. The molecule has 32 heavy (non-hydrogen) atoms. The fourth-order valence-corrected chi connectivity index (χ4v) is 3.59. The predicted molar refractivity (Wildman–Crippen MR) is 117 cm³/mol. The number of alkyl halides is 3. The first-order chi connectivity index (χ1) is 15.1. The van der Waals surface area contributed by atoms with Crippen LogP contribution in [0.1, 0.15) is 18.1 Å². The van der Waals surface area contributed by atoms with Crippen molar-refractivity contribution >= 4 is 52.5 Å². The van der Waals surface area contributed by atoms with Crippen LogP contribution in [0.25, 0.3) is 6.08 Å². The number of anilines is 1. The highest BCUT2D eigenvalue weighted by molar-refractivity contribution is 7.80. The number of nitrogens with zero attached hydrogens (tertiary/aromatic N) is 1. The standard InChI is InChI=1S/C21H16ClF3N2O4S/c1-3-31-16-9-11(8-15(22)17(16)30-2)7-14-18(28)26-20(32)27(19(14)29)13-6-4-5-12(10-13)21(23,24)25/h4-10H,3H2,1-2H3,(H,26,28,32)/b14-7+. The molecule has 2 aromatic rings. The summed E-state index contributed by atoms with van der Waals surface area (Å²) in [6.45, 7) is 2.06. The number of hydrogen-bond acceptors (Lipinski definition) is 5. The van der Waals surface area contributed by atoms with Crippen LogP contribution in [-0.2, 0) is 15.8 Å². The maximum absolute atomic E-state index is 13.1. The minimum absolute atomic E-state index is 0.136. The largest absolute Gasteiger partial charge is 0.491 e. The summed E-state index contributed by atoms with van der Waals surface area (Å²) < 4.78 is 50.0. The van der Waals surface area contributed by atoms with Crippen LogP contribution in [0.15, 0.2) is 42.0 Å². The van der Waals surface area contributed by atoms with E-state index >= 15 is 0 Å². The zero-order valence-corrected chi connectivity index (χ0v) is 18.3. The Morgan fingerprint density at radius 3 is 2.56 bits per heavy atom. The van der Waals surface area contributed by atoms with E-state index < -0.39 is 23.6 Å². The lowest BCUT2D eigenvalue weighted by atomic mass is 10.1. The van der Waals surface area contributed by atoms with E-state index in [1.165, 1.54) is 31.4 Å². The molecular weight excluding hydrogens is 469 g/mol. The molecule has 1 heterocycles. The Kier molecular flexibility index (Phi) is 6.75. The molecular formula is C21H16ClF3N2O4S. The SMILES string of the molecule is CCOc1cc(/C=C2\C(=O)NC(=S)N(c3cccc(C(F)(F)F)c3)C2=O)cc(Cl)c1OC. The number of halogens is 4. The molecule has 0 radical (unpaired) electrons. The quantitative estimate of drug-likeness (QED) is 0.382. The topological polar surface area (TPSA) is 67.9 Å². The van der Waals surface area contributed by atoms with E-state index in [1.807, 2.05) is 0 Å². The van der Waals surface area contributed by atoms with Crippen molar-refractivity contribution in [3.05, 3.63) is 58.1 Å². The monoisotopic (exact) mass is 484 g/mol. The molecule has 1 fully saturated rings. The van der Waals surface area contributed by atoms with Gasteiger partial charge in [-0.1, -0.05) is 17.7 Å². The molecule has 1 aliphatic rings. The average molecular weight is 485 g/mol. The van der Waals surface area contributed by atoms with Gasteiger partial charge in [-0.15, -0.1) is 0 Å². The third-order valence-corrected chi connectivity index (χ3v) is 4.95. The number of hydrogen-bond donors (Lipinski definition) is 1. The van der Waals surface area contributed by atoms with Crippen molar-refractivity contribution in [1.82, 2.24) is 5.32 Å². The normalized spacial score (nSPS) is 15.8. The third-order valence-electron chi connectivity index (χ3n) is 4.38. The van der Waals surface area contributed by atoms with Gasteiger partial charge in [0.25, 0.3) is 11.8 Å². The molecule has 1 aliphatic heterocycles. The Bertz CT molecular complexity index is 1130. The van der Waals surface area contributed by atoms with Crippen molar-refractivity contribution in [2.75, 3.05) is 18.6 Å². The van der Waals surface area contributed by atoms with Crippen LogP contribution < -0.4 is 19.7 Å². The van der Waals surface area contributed by atoms with Gasteiger partial charge in [-0.25, -0.2) is 0 Å². The minimum Gasteiger partial charge on any atom is -0.491 e. The predicted octanol–water partition coefficient (Wildman–Crippen LogP) is 4.60. The number of thiocarbonyl (C=S) groups is 1. The van der Waals surface area contributed by atoms with Gasteiger partial charge >= 0.3 is 6.18 Å². The number of benzene rings is 2. The molecule has 0 saturated carbocycles. The maximum Gasteiger partial charge on any atom is 0.416 e. The van der Waals surface area contributed by atoms with E-state index in [0.29, 0.717) is 17.9 Å². The number of carbonyl (C=O) groups excluding carboxylic acids is 2. The molecule has 3 rings (SSSR count). The molecule has 11 heteroatoms. The van der Waals surface area contributed by atoms with E-state index in [-0.39, 0.29) is 27.1 Å². The fourth-order valence-electron chi connectivity index (χ4n) is 3.01. The van der Waals surface area contributed by atoms with Crippen LogP contribution in [0, 0.1) is 0 Å². The number of rotatable bonds is 5. The lowest BCUT2D eigenvalue weighted by molar-refractivity contribution is -0.137. The van der Waals surface area contributed by atoms with E-state index in [2.05, 4.69) is 5.32 Å². The van der Waals surface area contributed by atoms with E-state index in [0.717, 1.165) is 23.1 Å². The van der Waals surface area contributed by atoms with Crippen molar-refractivity contribution < 1.29 is 32.2 Å². The van der Waals surface area contributed by atoms with Crippen molar-refractivity contribution in [2.45, 2.75) is 13.1 Å². The lowest BCUT2D eigenvalue weighted by Gasteiger charge is -2.29. The highest BCUT2D eigenvalue weighted by Crippen LogP contribution is 2.37. The van der Waals surface area contributed by atoms with E-state index in [9.17, 15) is 22.8 Å². The maximum atomic E-state index is 13.1.